The molecule has 20 heavy (non-hydrogen) atoms. The van der Waals surface area contributed by atoms with Crippen molar-refractivity contribution >= 4 is 37.7 Å². The van der Waals surface area contributed by atoms with Gasteiger partial charge in [0, 0.05) is 16.0 Å². The van der Waals surface area contributed by atoms with Crippen LogP contribution in [0.15, 0.2) is 21.1 Å². The minimum absolute atomic E-state index is 0.523. The van der Waals surface area contributed by atoms with Crippen LogP contribution in [-0.4, -0.2) is 9.97 Å². The predicted octanol–water partition coefficient (Wildman–Crippen LogP) is 4.75. The smallest absolute Gasteiger partial charge is 0.161 e. The van der Waals surface area contributed by atoms with Crippen LogP contribution in [-0.2, 0) is 0 Å². The van der Waals surface area contributed by atoms with Crippen LogP contribution >= 0.6 is 31.9 Å². The lowest BCUT2D eigenvalue weighted by Crippen LogP contribution is -2.02. The summed E-state index contributed by atoms with van der Waals surface area (Å²) in [6.07, 6.45) is 2.37. The average molecular weight is 397 g/mol. The summed E-state index contributed by atoms with van der Waals surface area (Å²) >= 11 is 7.10. The SMILES string of the molecule is Cc1cc(-c2nc(N)c(Br)c(C3CC3)n2)cc(C)c1Br. The number of benzene rings is 1. The number of halogens is 2. The molecule has 0 bridgehead atoms. The van der Waals surface area contributed by atoms with Crippen molar-refractivity contribution in [1.82, 2.24) is 9.97 Å². The molecule has 1 aliphatic rings. The molecule has 5 heteroatoms. The lowest BCUT2D eigenvalue weighted by molar-refractivity contribution is 0.983. The zero-order valence-corrected chi connectivity index (χ0v) is 14.5. The van der Waals surface area contributed by atoms with Gasteiger partial charge in [0.1, 0.15) is 5.82 Å². The second-order valence-electron chi connectivity index (χ2n) is 5.33. The molecule has 0 atom stereocenters. The fraction of sp³-hybridized carbons (Fsp3) is 0.333. The summed E-state index contributed by atoms with van der Waals surface area (Å²) < 4.78 is 1.99. The quantitative estimate of drug-likeness (QED) is 0.797. The lowest BCUT2D eigenvalue weighted by Gasteiger charge is -2.11. The molecule has 0 spiro atoms. The van der Waals surface area contributed by atoms with E-state index >= 15 is 0 Å². The standard InChI is InChI=1S/C15H15Br2N3/c1-7-5-10(6-8(2)11(7)16)15-19-13(9-3-4-9)12(17)14(18)20-15/h5-6,9H,3-4H2,1-2H3,(H2,18,19,20). The molecule has 104 valence electrons. The first kappa shape index (κ1) is 14.0. The molecule has 1 fully saturated rings. The zero-order valence-electron chi connectivity index (χ0n) is 11.4. The van der Waals surface area contributed by atoms with E-state index in [4.69, 9.17) is 10.7 Å². The maximum absolute atomic E-state index is 6.02. The Bertz CT molecular complexity index is 671. The van der Waals surface area contributed by atoms with Gasteiger partial charge in [-0.1, -0.05) is 15.9 Å². The zero-order chi connectivity index (χ0) is 14.4. The van der Waals surface area contributed by atoms with E-state index in [1.54, 1.807) is 0 Å². The van der Waals surface area contributed by atoms with E-state index in [1.165, 1.54) is 24.0 Å². The predicted molar refractivity (Wildman–Crippen MR) is 88.7 cm³/mol. The number of nitrogens with zero attached hydrogens (tertiary/aromatic N) is 2. The van der Waals surface area contributed by atoms with Gasteiger partial charge in [-0.2, -0.15) is 0 Å². The van der Waals surface area contributed by atoms with Crippen LogP contribution in [0, 0.1) is 13.8 Å². The van der Waals surface area contributed by atoms with Crippen LogP contribution in [0.25, 0.3) is 11.4 Å². The second kappa shape index (κ2) is 5.11. The Morgan fingerprint density at radius 3 is 2.20 bits per heavy atom. The van der Waals surface area contributed by atoms with Crippen LogP contribution in [0.3, 0.4) is 0 Å². The van der Waals surface area contributed by atoms with Gasteiger partial charge in [-0.3, -0.25) is 0 Å². The van der Waals surface area contributed by atoms with Gasteiger partial charge in [0.25, 0.3) is 0 Å². The van der Waals surface area contributed by atoms with E-state index in [0.29, 0.717) is 17.6 Å². The molecule has 0 unspecified atom stereocenters. The molecular weight excluding hydrogens is 382 g/mol. The van der Waals surface area contributed by atoms with Crippen molar-refractivity contribution in [2.45, 2.75) is 32.6 Å². The largest absolute Gasteiger partial charge is 0.383 e. The minimum Gasteiger partial charge on any atom is -0.383 e. The molecule has 2 aromatic rings. The van der Waals surface area contributed by atoms with Gasteiger partial charge in [-0.15, -0.1) is 0 Å². The Balaban J connectivity index is 2.15. The first-order valence-electron chi connectivity index (χ1n) is 6.57. The highest BCUT2D eigenvalue weighted by molar-refractivity contribution is 9.11. The molecule has 1 aromatic carbocycles. The summed E-state index contributed by atoms with van der Waals surface area (Å²) in [4.78, 5) is 9.15. The minimum atomic E-state index is 0.523. The van der Waals surface area contributed by atoms with Crippen LogP contribution in [0.1, 0.15) is 35.6 Å². The molecule has 0 radical (unpaired) electrons. The maximum atomic E-state index is 6.02. The molecule has 1 heterocycles. The summed E-state index contributed by atoms with van der Waals surface area (Å²) in [7, 11) is 0. The number of aromatic nitrogens is 2. The van der Waals surface area contributed by atoms with E-state index in [1.807, 2.05) is 0 Å². The number of rotatable bonds is 2. The van der Waals surface area contributed by atoms with Gasteiger partial charge in [0.05, 0.1) is 10.2 Å². The first-order valence-corrected chi connectivity index (χ1v) is 8.16. The van der Waals surface area contributed by atoms with E-state index in [2.05, 4.69) is 62.8 Å². The Kier molecular flexibility index (Phi) is 3.58. The van der Waals surface area contributed by atoms with Crippen molar-refractivity contribution in [3.05, 3.63) is 37.9 Å². The normalized spacial score (nSPS) is 14.6. The van der Waals surface area contributed by atoms with E-state index in [9.17, 15) is 0 Å². The van der Waals surface area contributed by atoms with Crippen LogP contribution in [0.4, 0.5) is 5.82 Å². The summed E-state index contributed by atoms with van der Waals surface area (Å²) in [5.41, 5.74) is 10.4. The molecule has 1 aromatic heterocycles. The highest BCUT2D eigenvalue weighted by Gasteiger charge is 2.29. The van der Waals surface area contributed by atoms with Gasteiger partial charge < -0.3 is 5.73 Å². The summed E-state index contributed by atoms with van der Waals surface area (Å²) in [6.45, 7) is 4.15. The molecule has 0 aliphatic heterocycles. The van der Waals surface area contributed by atoms with Crippen LogP contribution in [0.2, 0.25) is 0 Å². The topological polar surface area (TPSA) is 51.8 Å². The number of anilines is 1. The van der Waals surface area contributed by atoms with Crippen molar-refractivity contribution in [2.75, 3.05) is 5.73 Å². The fourth-order valence-electron chi connectivity index (χ4n) is 2.31. The fourth-order valence-corrected chi connectivity index (χ4v) is 3.04. The number of hydrogen-bond acceptors (Lipinski definition) is 3. The third-order valence-electron chi connectivity index (χ3n) is 3.56. The van der Waals surface area contributed by atoms with Crippen LogP contribution < -0.4 is 5.73 Å². The molecule has 0 saturated heterocycles. The molecule has 3 rings (SSSR count). The third-order valence-corrected chi connectivity index (χ3v) is 5.62. The van der Waals surface area contributed by atoms with Gasteiger partial charge >= 0.3 is 0 Å². The Labute approximate surface area is 135 Å². The monoisotopic (exact) mass is 395 g/mol. The summed E-state index contributed by atoms with van der Waals surface area (Å²) in [5, 5.41) is 0. The molecule has 1 aliphatic carbocycles. The molecule has 1 saturated carbocycles. The maximum Gasteiger partial charge on any atom is 0.161 e. The molecule has 0 amide bonds. The third kappa shape index (κ3) is 2.49. The highest BCUT2D eigenvalue weighted by Crippen LogP contribution is 2.44. The van der Waals surface area contributed by atoms with Gasteiger partial charge in [-0.05, 0) is 65.9 Å². The second-order valence-corrected chi connectivity index (χ2v) is 6.92. The first-order chi connectivity index (χ1) is 9.47. The van der Waals surface area contributed by atoms with Crippen molar-refractivity contribution in [1.29, 1.82) is 0 Å². The molecule has 3 nitrogen and oxygen atoms in total. The van der Waals surface area contributed by atoms with Gasteiger partial charge in [0.2, 0.25) is 0 Å². The van der Waals surface area contributed by atoms with Crippen molar-refractivity contribution in [3.63, 3.8) is 0 Å². The number of nitrogen functional groups attached to an aromatic ring is 1. The number of nitrogens with two attached hydrogens (primary N) is 1. The Morgan fingerprint density at radius 1 is 1.05 bits per heavy atom. The summed E-state index contributed by atoms with van der Waals surface area (Å²) in [6, 6.07) is 4.19. The Morgan fingerprint density at radius 2 is 1.65 bits per heavy atom. The average Bonchev–Trinajstić information content (AvgIpc) is 3.22. The van der Waals surface area contributed by atoms with Crippen molar-refractivity contribution < 1.29 is 0 Å². The lowest BCUT2D eigenvalue weighted by atomic mass is 10.1. The number of aryl methyl sites for hydroxylation is 2. The van der Waals surface area contributed by atoms with Crippen LogP contribution in [0.5, 0.6) is 0 Å². The van der Waals surface area contributed by atoms with E-state index in [0.717, 1.165) is 20.2 Å². The van der Waals surface area contributed by atoms with Crippen molar-refractivity contribution in [2.24, 2.45) is 0 Å². The van der Waals surface area contributed by atoms with Gasteiger partial charge in [-0.25, -0.2) is 9.97 Å². The van der Waals surface area contributed by atoms with E-state index < -0.39 is 0 Å². The van der Waals surface area contributed by atoms with Crippen molar-refractivity contribution in [3.8, 4) is 11.4 Å². The molecule has 2 N–H and O–H groups in total. The number of hydrogen-bond donors (Lipinski definition) is 1. The summed E-state index contributed by atoms with van der Waals surface area (Å²) in [5.74, 6) is 1.77. The highest BCUT2D eigenvalue weighted by atomic mass is 79.9. The van der Waals surface area contributed by atoms with E-state index in [-0.39, 0.29) is 0 Å². The molecular formula is C15H15Br2N3. The Hall–Kier alpha value is -0.940. The van der Waals surface area contributed by atoms with Gasteiger partial charge in [0.15, 0.2) is 5.82 Å².